The highest BCUT2D eigenvalue weighted by Crippen LogP contribution is 2.18. The first-order valence-electron chi connectivity index (χ1n) is 4.32. The smallest absolute Gasteiger partial charge is 0.134 e. The second-order valence-electron chi connectivity index (χ2n) is 2.70. The Morgan fingerprint density at radius 2 is 2.33 bits per heavy atom. The van der Waals surface area contributed by atoms with Gasteiger partial charge in [-0.3, -0.25) is 0 Å². The third-order valence-electron chi connectivity index (χ3n) is 1.74. The molecule has 0 fully saturated rings. The van der Waals surface area contributed by atoms with Gasteiger partial charge in [0.1, 0.15) is 12.0 Å². The molecule has 0 aliphatic heterocycles. The molecule has 0 unspecified atom stereocenters. The van der Waals surface area contributed by atoms with Crippen molar-refractivity contribution in [1.29, 1.82) is 5.26 Å². The summed E-state index contributed by atoms with van der Waals surface area (Å²) in [7, 11) is 1.53. The largest absolute Gasteiger partial charge is 0.495 e. The molecule has 0 heterocycles. The van der Waals surface area contributed by atoms with E-state index in [0.29, 0.717) is 16.9 Å². The fourth-order valence-electron chi connectivity index (χ4n) is 1.06. The summed E-state index contributed by atoms with van der Waals surface area (Å²) in [5.41, 5.74) is 1.14. The standard InChI is InChI=1S/C12H9NO2/c1-15-12-6-5-10(9-13)8-11(12)4-2-3-7-14/h5-8H,3H2,1H3. The predicted molar refractivity (Wildman–Crippen MR) is 55.3 cm³/mol. The van der Waals surface area contributed by atoms with Gasteiger partial charge in [-0.2, -0.15) is 5.26 Å². The monoisotopic (exact) mass is 199 g/mol. The van der Waals surface area contributed by atoms with Crippen LogP contribution in [0.3, 0.4) is 0 Å². The zero-order chi connectivity index (χ0) is 11.1. The fraction of sp³-hybridized carbons (Fsp3) is 0.167. The quantitative estimate of drug-likeness (QED) is 0.535. The Balaban J connectivity index is 3.09. The minimum Gasteiger partial charge on any atom is -0.495 e. The number of carbonyl (C=O) groups is 1. The molecular formula is C12H9NO2. The van der Waals surface area contributed by atoms with Gasteiger partial charge in [0.05, 0.1) is 30.7 Å². The van der Waals surface area contributed by atoms with Crippen molar-refractivity contribution in [3.8, 4) is 23.7 Å². The molecule has 0 amide bonds. The van der Waals surface area contributed by atoms with E-state index in [2.05, 4.69) is 11.8 Å². The van der Waals surface area contributed by atoms with E-state index < -0.39 is 0 Å². The molecule has 1 aromatic carbocycles. The first-order valence-corrected chi connectivity index (χ1v) is 4.32. The summed E-state index contributed by atoms with van der Waals surface area (Å²) < 4.78 is 5.08. The molecule has 0 aliphatic rings. The summed E-state index contributed by atoms with van der Waals surface area (Å²) in [6, 6.07) is 6.99. The average molecular weight is 199 g/mol. The number of carbonyl (C=O) groups excluding carboxylic acids is 1. The molecule has 1 aromatic rings. The summed E-state index contributed by atoms with van der Waals surface area (Å²) in [5.74, 6) is 6.06. The van der Waals surface area contributed by atoms with Crippen molar-refractivity contribution < 1.29 is 9.53 Å². The van der Waals surface area contributed by atoms with E-state index in [1.54, 1.807) is 18.2 Å². The topological polar surface area (TPSA) is 50.1 Å². The van der Waals surface area contributed by atoms with E-state index in [9.17, 15) is 4.79 Å². The van der Waals surface area contributed by atoms with Crippen LogP contribution in [0, 0.1) is 23.2 Å². The SMILES string of the molecule is COc1ccc(C#N)cc1C#CCC=O. The van der Waals surface area contributed by atoms with E-state index in [-0.39, 0.29) is 6.42 Å². The molecule has 0 aliphatic carbocycles. The molecule has 0 radical (unpaired) electrons. The van der Waals surface area contributed by atoms with Gasteiger partial charge < -0.3 is 9.53 Å². The molecule has 0 atom stereocenters. The molecule has 0 aromatic heterocycles. The van der Waals surface area contributed by atoms with Gasteiger partial charge in [0, 0.05) is 0 Å². The van der Waals surface area contributed by atoms with Crippen molar-refractivity contribution in [3.63, 3.8) is 0 Å². The Hall–Kier alpha value is -2.26. The zero-order valence-corrected chi connectivity index (χ0v) is 8.28. The summed E-state index contributed by atoms with van der Waals surface area (Å²) in [6.07, 6.45) is 0.910. The molecule has 0 N–H and O–H groups in total. The van der Waals surface area contributed by atoms with Gasteiger partial charge in [-0.15, -0.1) is 0 Å². The lowest BCUT2D eigenvalue weighted by Gasteiger charge is -2.02. The van der Waals surface area contributed by atoms with Crippen LogP contribution in [-0.4, -0.2) is 13.4 Å². The molecule has 74 valence electrons. The number of methoxy groups -OCH3 is 1. The Bertz CT molecular complexity index is 461. The van der Waals surface area contributed by atoms with Crippen LogP contribution < -0.4 is 4.74 Å². The van der Waals surface area contributed by atoms with Crippen molar-refractivity contribution in [1.82, 2.24) is 0 Å². The molecule has 0 bridgehead atoms. The maximum Gasteiger partial charge on any atom is 0.134 e. The maximum absolute atomic E-state index is 10.1. The molecule has 1 rings (SSSR count). The lowest BCUT2D eigenvalue weighted by Crippen LogP contribution is -1.88. The van der Waals surface area contributed by atoms with Gasteiger partial charge in [0.2, 0.25) is 0 Å². The number of hydrogen-bond donors (Lipinski definition) is 0. The fourth-order valence-corrected chi connectivity index (χ4v) is 1.06. The van der Waals surface area contributed by atoms with Crippen LogP contribution in [0.2, 0.25) is 0 Å². The Kier molecular flexibility index (Phi) is 3.94. The molecular weight excluding hydrogens is 190 g/mol. The minimum absolute atomic E-state index is 0.180. The number of benzene rings is 1. The molecule has 3 nitrogen and oxygen atoms in total. The Labute approximate surface area is 88.3 Å². The summed E-state index contributed by atoms with van der Waals surface area (Å²) in [6.45, 7) is 0. The van der Waals surface area contributed by atoms with E-state index in [1.165, 1.54) is 7.11 Å². The van der Waals surface area contributed by atoms with Crippen LogP contribution in [0.1, 0.15) is 17.5 Å². The van der Waals surface area contributed by atoms with Crippen LogP contribution in [0.15, 0.2) is 18.2 Å². The van der Waals surface area contributed by atoms with E-state index in [0.717, 1.165) is 6.29 Å². The normalized spacial score (nSPS) is 8.27. The van der Waals surface area contributed by atoms with E-state index in [4.69, 9.17) is 10.00 Å². The minimum atomic E-state index is 0.180. The molecule has 3 heteroatoms. The average Bonchev–Trinajstić information content (AvgIpc) is 2.29. The lowest BCUT2D eigenvalue weighted by molar-refractivity contribution is -0.107. The second-order valence-corrected chi connectivity index (χ2v) is 2.70. The molecule has 15 heavy (non-hydrogen) atoms. The summed E-state index contributed by atoms with van der Waals surface area (Å²) >= 11 is 0. The number of hydrogen-bond acceptors (Lipinski definition) is 3. The first kappa shape index (κ1) is 10.8. The highest BCUT2D eigenvalue weighted by Gasteiger charge is 2.00. The number of aldehydes is 1. The number of nitrogens with zero attached hydrogens (tertiary/aromatic N) is 1. The van der Waals surface area contributed by atoms with Crippen LogP contribution in [0.4, 0.5) is 0 Å². The van der Waals surface area contributed by atoms with Crippen molar-refractivity contribution in [2.24, 2.45) is 0 Å². The Morgan fingerprint density at radius 1 is 1.53 bits per heavy atom. The zero-order valence-electron chi connectivity index (χ0n) is 8.28. The van der Waals surface area contributed by atoms with Gasteiger partial charge in [-0.1, -0.05) is 11.8 Å². The highest BCUT2D eigenvalue weighted by atomic mass is 16.5. The second kappa shape index (κ2) is 5.47. The maximum atomic E-state index is 10.1. The molecule has 0 spiro atoms. The first-order chi connectivity index (χ1) is 7.31. The van der Waals surface area contributed by atoms with Gasteiger partial charge >= 0.3 is 0 Å². The number of rotatable bonds is 2. The third kappa shape index (κ3) is 2.86. The van der Waals surface area contributed by atoms with Crippen molar-refractivity contribution in [3.05, 3.63) is 29.3 Å². The summed E-state index contributed by atoms with van der Waals surface area (Å²) in [4.78, 5) is 10.1. The molecule has 0 saturated carbocycles. The highest BCUT2D eigenvalue weighted by molar-refractivity contribution is 5.57. The van der Waals surface area contributed by atoms with Gasteiger partial charge in [0.25, 0.3) is 0 Å². The van der Waals surface area contributed by atoms with Crippen LogP contribution in [-0.2, 0) is 4.79 Å². The summed E-state index contributed by atoms with van der Waals surface area (Å²) in [5, 5.41) is 8.70. The Morgan fingerprint density at radius 3 is 2.93 bits per heavy atom. The number of nitriles is 1. The van der Waals surface area contributed by atoms with Gasteiger partial charge in [-0.05, 0) is 18.2 Å². The van der Waals surface area contributed by atoms with Crippen LogP contribution in [0.5, 0.6) is 5.75 Å². The van der Waals surface area contributed by atoms with E-state index >= 15 is 0 Å². The predicted octanol–water partition coefficient (Wildman–Crippen LogP) is 1.51. The van der Waals surface area contributed by atoms with Gasteiger partial charge in [0.15, 0.2) is 0 Å². The van der Waals surface area contributed by atoms with E-state index in [1.807, 2.05) is 6.07 Å². The lowest BCUT2D eigenvalue weighted by atomic mass is 10.1. The van der Waals surface area contributed by atoms with Gasteiger partial charge in [-0.25, -0.2) is 0 Å². The number of ether oxygens (including phenoxy) is 1. The molecule has 0 saturated heterocycles. The van der Waals surface area contributed by atoms with Crippen LogP contribution >= 0.6 is 0 Å². The van der Waals surface area contributed by atoms with Crippen molar-refractivity contribution in [2.45, 2.75) is 6.42 Å². The van der Waals surface area contributed by atoms with Crippen LogP contribution in [0.25, 0.3) is 0 Å². The van der Waals surface area contributed by atoms with Crippen molar-refractivity contribution >= 4 is 6.29 Å². The third-order valence-corrected chi connectivity index (χ3v) is 1.74. The van der Waals surface area contributed by atoms with Crippen molar-refractivity contribution in [2.75, 3.05) is 7.11 Å².